The molecule has 2 atom stereocenters. The highest BCUT2D eigenvalue weighted by Gasteiger charge is 2.32. The molecular weight excluding hydrogens is 367 g/mol. The zero-order valence-corrected chi connectivity index (χ0v) is 13.6. The Bertz CT molecular complexity index is 698. The van der Waals surface area contributed by atoms with Gasteiger partial charge in [0.1, 0.15) is 11.8 Å². The van der Waals surface area contributed by atoms with Gasteiger partial charge < -0.3 is 14.6 Å². The number of benzene rings is 1. The molecule has 11 heteroatoms. The van der Waals surface area contributed by atoms with Crippen molar-refractivity contribution in [3.8, 4) is 5.75 Å². The Morgan fingerprint density at radius 2 is 2.00 bits per heavy atom. The predicted molar refractivity (Wildman–Crippen MR) is 78.4 cm³/mol. The zero-order valence-electron chi connectivity index (χ0n) is 12.8. The lowest BCUT2D eigenvalue weighted by Gasteiger charge is -2.17. The van der Waals surface area contributed by atoms with Crippen molar-refractivity contribution in [1.29, 1.82) is 0 Å². The third kappa shape index (κ3) is 5.87. The largest absolute Gasteiger partial charge is 0.573 e. The fraction of sp³-hybridized carbons (Fsp3) is 0.500. The molecule has 0 aromatic heterocycles. The summed E-state index contributed by atoms with van der Waals surface area (Å²) in [6.45, 7) is 0.847. The van der Waals surface area contributed by atoms with E-state index >= 15 is 0 Å². The first-order chi connectivity index (χ1) is 11.6. The van der Waals surface area contributed by atoms with Gasteiger partial charge in [0, 0.05) is 13.2 Å². The first-order valence-electron chi connectivity index (χ1n) is 7.25. The topological polar surface area (TPSA) is 102 Å². The lowest BCUT2D eigenvalue weighted by Crippen LogP contribution is -2.42. The smallest absolute Gasteiger partial charge is 0.480 e. The molecule has 2 N–H and O–H groups in total. The van der Waals surface area contributed by atoms with Crippen LogP contribution in [0.1, 0.15) is 12.8 Å². The van der Waals surface area contributed by atoms with Crippen molar-refractivity contribution in [2.75, 3.05) is 13.2 Å². The summed E-state index contributed by atoms with van der Waals surface area (Å²) >= 11 is 0. The van der Waals surface area contributed by atoms with Crippen molar-refractivity contribution in [3.05, 3.63) is 24.3 Å². The Labute approximate surface area is 141 Å². The highest BCUT2D eigenvalue weighted by molar-refractivity contribution is 7.89. The van der Waals surface area contributed by atoms with E-state index < -0.39 is 34.1 Å². The molecule has 1 unspecified atom stereocenters. The van der Waals surface area contributed by atoms with E-state index in [1.807, 2.05) is 0 Å². The zero-order chi connectivity index (χ0) is 18.7. The average Bonchev–Trinajstić information content (AvgIpc) is 2.98. The van der Waals surface area contributed by atoms with Gasteiger partial charge in [-0.25, -0.2) is 8.42 Å². The van der Waals surface area contributed by atoms with Gasteiger partial charge in [-0.05, 0) is 43.0 Å². The van der Waals surface area contributed by atoms with Crippen LogP contribution < -0.4 is 9.46 Å². The molecule has 1 fully saturated rings. The van der Waals surface area contributed by atoms with E-state index in [-0.39, 0.29) is 17.2 Å². The molecule has 1 aliphatic rings. The van der Waals surface area contributed by atoms with Crippen molar-refractivity contribution in [3.63, 3.8) is 0 Å². The third-order valence-corrected chi connectivity index (χ3v) is 5.04. The molecule has 1 aromatic carbocycles. The van der Waals surface area contributed by atoms with Gasteiger partial charge in [0.05, 0.1) is 4.90 Å². The Kier molecular flexibility index (Phi) is 5.91. The number of hydrogen-bond acceptors (Lipinski definition) is 5. The highest BCUT2D eigenvalue weighted by atomic mass is 32.2. The van der Waals surface area contributed by atoms with Crippen molar-refractivity contribution in [2.45, 2.75) is 30.1 Å². The first kappa shape index (κ1) is 19.5. The number of sulfonamides is 1. The number of carboxylic acids is 1. The van der Waals surface area contributed by atoms with Crippen LogP contribution in [-0.2, 0) is 19.6 Å². The maximum Gasteiger partial charge on any atom is 0.573 e. The fourth-order valence-electron chi connectivity index (χ4n) is 2.38. The summed E-state index contributed by atoms with van der Waals surface area (Å²) in [7, 11) is -4.22. The number of carbonyl (C=O) groups is 1. The van der Waals surface area contributed by atoms with E-state index in [1.54, 1.807) is 0 Å². The number of halogens is 3. The monoisotopic (exact) mass is 383 g/mol. The molecule has 0 radical (unpaired) electrons. The molecule has 1 heterocycles. The molecule has 1 aliphatic heterocycles. The minimum atomic E-state index is -4.89. The first-order valence-corrected chi connectivity index (χ1v) is 8.74. The molecule has 140 valence electrons. The van der Waals surface area contributed by atoms with E-state index in [0.717, 1.165) is 24.3 Å². The minimum absolute atomic E-state index is 0.0594. The van der Waals surface area contributed by atoms with Gasteiger partial charge in [0.2, 0.25) is 10.0 Å². The van der Waals surface area contributed by atoms with Crippen LogP contribution in [0, 0.1) is 5.92 Å². The van der Waals surface area contributed by atoms with Gasteiger partial charge in [-0.3, -0.25) is 4.79 Å². The quantitative estimate of drug-likeness (QED) is 0.744. The van der Waals surface area contributed by atoms with E-state index in [4.69, 9.17) is 4.74 Å². The van der Waals surface area contributed by atoms with E-state index in [1.165, 1.54) is 0 Å². The van der Waals surface area contributed by atoms with Crippen molar-refractivity contribution in [2.24, 2.45) is 5.92 Å². The third-order valence-electron chi connectivity index (χ3n) is 3.56. The predicted octanol–water partition coefficient (Wildman–Crippen LogP) is 1.74. The second kappa shape index (κ2) is 7.58. The van der Waals surface area contributed by atoms with Gasteiger partial charge in [-0.15, -0.1) is 13.2 Å². The molecule has 0 saturated carbocycles. The molecule has 0 amide bonds. The molecule has 0 spiro atoms. The Hall–Kier alpha value is -1.85. The van der Waals surface area contributed by atoms with Crippen molar-refractivity contribution >= 4 is 16.0 Å². The number of aliphatic carboxylic acids is 1. The van der Waals surface area contributed by atoms with Crippen LogP contribution in [0.4, 0.5) is 13.2 Å². The second-order valence-electron chi connectivity index (χ2n) is 5.50. The molecule has 1 aromatic rings. The lowest BCUT2D eigenvalue weighted by atomic mass is 10.00. The normalized spacial score (nSPS) is 19.6. The summed E-state index contributed by atoms with van der Waals surface area (Å²) in [5.74, 6) is -2.00. The van der Waals surface area contributed by atoms with Gasteiger partial charge in [-0.1, -0.05) is 0 Å². The van der Waals surface area contributed by atoms with Gasteiger partial charge >= 0.3 is 12.3 Å². The van der Waals surface area contributed by atoms with Crippen LogP contribution in [0.15, 0.2) is 29.2 Å². The number of rotatable bonds is 7. The standard InChI is InChI=1S/C14H16F3NO6S/c15-14(16,17)24-10-1-3-11(4-2-10)25(21,22)18-12(13(19)20)7-9-5-6-23-8-9/h1-4,9,12,18H,5-8H2,(H,19,20)/t9-,12?/m1/s1. The Morgan fingerprint density at radius 1 is 1.36 bits per heavy atom. The summed E-state index contributed by atoms with van der Waals surface area (Å²) in [6.07, 6.45) is -4.20. The summed E-state index contributed by atoms with van der Waals surface area (Å²) < 4.78 is 71.6. The fourth-order valence-corrected chi connectivity index (χ4v) is 3.58. The van der Waals surface area contributed by atoms with E-state index in [2.05, 4.69) is 9.46 Å². The lowest BCUT2D eigenvalue weighted by molar-refractivity contribution is -0.274. The Morgan fingerprint density at radius 3 is 2.48 bits per heavy atom. The summed E-state index contributed by atoms with van der Waals surface area (Å²) in [4.78, 5) is 10.9. The minimum Gasteiger partial charge on any atom is -0.480 e. The summed E-state index contributed by atoms with van der Waals surface area (Å²) in [5.41, 5.74) is 0. The van der Waals surface area contributed by atoms with Crippen LogP contribution >= 0.6 is 0 Å². The molecule has 0 aliphatic carbocycles. The Balaban J connectivity index is 2.09. The summed E-state index contributed by atoms with van der Waals surface area (Å²) in [5, 5.41) is 9.20. The van der Waals surface area contributed by atoms with Crippen LogP contribution in [0.3, 0.4) is 0 Å². The molecule has 0 bridgehead atoms. The maximum absolute atomic E-state index is 12.2. The number of nitrogens with one attached hydrogen (secondary N) is 1. The molecule has 25 heavy (non-hydrogen) atoms. The number of carboxylic acid groups (broad SMARTS) is 1. The maximum atomic E-state index is 12.2. The van der Waals surface area contributed by atoms with Crippen LogP contribution in [-0.4, -0.2) is 45.1 Å². The van der Waals surface area contributed by atoms with Crippen LogP contribution in [0.5, 0.6) is 5.75 Å². The van der Waals surface area contributed by atoms with E-state index in [9.17, 15) is 31.5 Å². The van der Waals surface area contributed by atoms with Crippen LogP contribution in [0.25, 0.3) is 0 Å². The second-order valence-corrected chi connectivity index (χ2v) is 7.21. The molecular formula is C14H16F3NO6S. The van der Waals surface area contributed by atoms with E-state index in [0.29, 0.717) is 19.6 Å². The molecule has 1 saturated heterocycles. The highest BCUT2D eigenvalue weighted by Crippen LogP contribution is 2.24. The van der Waals surface area contributed by atoms with Crippen LogP contribution in [0.2, 0.25) is 0 Å². The van der Waals surface area contributed by atoms with Gasteiger partial charge in [0.15, 0.2) is 0 Å². The molecule has 7 nitrogen and oxygen atoms in total. The number of alkyl halides is 3. The average molecular weight is 383 g/mol. The number of ether oxygens (including phenoxy) is 2. The van der Waals surface area contributed by atoms with Gasteiger partial charge in [0.25, 0.3) is 0 Å². The summed E-state index contributed by atoms with van der Waals surface area (Å²) in [6, 6.07) is 2.12. The van der Waals surface area contributed by atoms with Crippen molar-refractivity contribution < 1.29 is 41.0 Å². The number of hydrogen-bond donors (Lipinski definition) is 2. The van der Waals surface area contributed by atoms with Crippen molar-refractivity contribution in [1.82, 2.24) is 4.72 Å². The van der Waals surface area contributed by atoms with Gasteiger partial charge in [-0.2, -0.15) is 4.72 Å². The molecule has 2 rings (SSSR count). The SMILES string of the molecule is O=C(O)C(C[C@H]1CCOC1)NS(=O)(=O)c1ccc(OC(F)(F)F)cc1.